The van der Waals surface area contributed by atoms with Gasteiger partial charge in [0.1, 0.15) is 0 Å². The van der Waals surface area contributed by atoms with Crippen molar-refractivity contribution in [3.8, 4) is 34.1 Å². The third kappa shape index (κ3) is 2.89. The Kier molecular flexibility index (Phi) is 4.58. The number of hydrogen-bond donors (Lipinski definition) is 4. The molecule has 4 heteroatoms. The molecule has 2 aromatic carbocycles. The summed E-state index contributed by atoms with van der Waals surface area (Å²) in [6.45, 7) is 2.05. The Balaban J connectivity index is 2.51. The van der Waals surface area contributed by atoms with E-state index in [0.717, 1.165) is 19.3 Å². The first kappa shape index (κ1) is 15.0. The van der Waals surface area contributed by atoms with E-state index in [1.807, 2.05) is 6.92 Å². The SMILES string of the molecule is CCCCCc1c(O)c(O)c(-c2ccccc2)c(O)c1O. The van der Waals surface area contributed by atoms with Gasteiger partial charge in [0.2, 0.25) is 0 Å². The van der Waals surface area contributed by atoms with Crippen LogP contribution in [0.25, 0.3) is 11.1 Å². The second-order valence-electron chi connectivity index (χ2n) is 5.07. The molecular formula is C17H20O4. The third-order valence-corrected chi connectivity index (χ3v) is 3.59. The quantitative estimate of drug-likeness (QED) is 0.382. The summed E-state index contributed by atoms with van der Waals surface area (Å²) in [5.41, 5.74) is 0.765. The highest BCUT2D eigenvalue weighted by molar-refractivity contribution is 5.83. The molecule has 0 fully saturated rings. The lowest BCUT2D eigenvalue weighted by atomic mass is 9.96. The maximum atomic E-state index is 10.2. The van der Waals surface area contributed by atoms with Crippen LogP contribution in [0.4, 0.5) is 0 Å². The normalized spacial score (nSPS) is 10.7. The fraction of sp³-hybridized carbons (Fsp3) is 0.294. The zero-order chi connectivity index (χ0) is 15.4. The van der Waals surface area contributed by atoms with E-state index in [4.69, 9.17) is 0 Å². The van der Waals surface area contributed by atoms with Crippen molar-refractivity contribution < 1.29 is 20.4 Å². The average molecular weight is 288 g/mol. The second-order valence-corrected chi connectivity index (χ2v) is 5.07. The standard InChI is InChI=1S/C17H20O4/c1-2-3-5-10-12-14(18)16(20)13(17(21)15(12)19)11-8-6-4-7-9-11/h4,6-9,18-21H,2-3,5,10H2,1H3. The minimum Gasteiger partial charge on any atom is -0.504 e. The highest BCUT2D eigenvalue weighted by Gasteiger charge is 2.23. The zero-order valence-corrected chi connectivity index (χ0v) is 12.0. The van der Waals surface area contributed by atoms with Crippen LogP contribution in [-0.4, -0.2) is 20.4 Å². The Morgan fingerprint density at radius 2 is 1.33 bits per heavy atom. The van der Waals surface area contributed by atoms with Crippen LogP contribution in [0.5, 0.6) is 23.0 Å². The van der Waals surface area contributed by atoms with E-state index in [1.54, 1.807) is 30.3 Å². The molecule has 0 unspecified atom stereocenters. The average Bonchev–Trinajstić information content (AvgIpc) is 2.50. The van der Waals surface area contributed by atoms with Crippen LogP contribution < -0.4 is 0 Å². The lowest BCUT2D eigenvalue weighted by Crippen LogP contribution is -1.92. The third-order valence-electron chi connectivity index (χ3n) is 3.59. The van der Waals surface area contributed by atoms with Gasteiger partial charge in [0, 0.05) is 5.56 Å². The van der Waals surface area contributed by atoms with E-state index < -0.39 is 11.5 Å². The molecule has 112 valence electrons. The minimum absolute atomic E-state index is 0.0461. The van der Waals surface area contributed by atoms with Gasteiger partial charge in [0.05, 0.1) is 5.56 Å². The van der Waals surface area contributed by atoms with Crippen molar-refractivity contribution in [1.29, 1.82) is 0 Å². The highest BCUT2D eigenvalue weighted by Crippen LogP contribution is 2.51. The Morgan fingerprint density at radius 3 is 1.86 bits per heavy atom. The number of hydrogen-bond acceptors (Lipinski definition) is 4. The molecule has 2 aromatic rings. The topological polar surface area (TPSA) is 80.9 Å². The molecule has 21 heavy (non-hydrogen) atoms. The summed E-state index contributed by atoms with van der Waals surface area (Å²) < 4.78 is 0. The maximum Gasteiger partial charge on any atom is 0.169 e. The van der Waals surface area contributed by atoms with Gasteiger partial charge >= 0.3 is 0 Å². The molecule has 0 aliphatic rings. The van der Waals surface area contributed by atoms with Crippen molar-refractivity contribution in [2.45, 2.75) is 32.6 Å². The van der Waals surface area contributed by atoms with Gasteiger partial charge in [0.15, 0.2) is 23.0 Å². The molecule has 4 N–H and O–H groups in total. The first-order chi connectivity index (χ1) is 10.1. The molecule has 0 bridgehead atoms. The van der Waals surface area contributed by atoms with Crippen molar-refractivity contribution in [3.05, 3.63) is 35.9 Å². The summed E-state index contributed by atoms with van der Waals surface area (Å²) in [4.78, 5) is 0. The maximum absolute atomic E-state index is 10.2. The van der Waals surface area contributed by atoms with Gasteiger partial charge in [0.25, 0.3) is 0 Å². The van der Waals surface area contributed by atoms with Crippen LogP contribution in [-0.2, 0) is 6.42 Å². The first-order valence-corrected chi connectivity index (χ1v) is 7.12. The van der Waals surface area contributed by atoms with Gasteiger partial charge in [-0.25, -0.2) is 0 Å². The molecule has 0 amide bonds. The van der Waals surface area contributed by atoms with Crippen LogP contribution >= 0.6 is 0 Å². The molecule has 0 aliphatic carbocycles. The van der Waals surface area contributed by atoms with E-state index in [1.165, 1.54) is 0 Å². The summed E-state index contributed by atoms with van der Waals surface area (Å²) >= 11 is 0. The van der Waals surface area contributed by atoms with Crippen molar-refractivity contribution in [3.63, 3.8) is 0 Å². The van der Waals surface area contributed by atoms with E-state index in [-0.39, 0.29) is 22.6 Å². The molecule has 2 rings (SSSR count). The lowest BCUT2D eigenvalue weighted by Gasteiger charge is -2.15. The summed E-state index contributed by atoms with van der Waals surface area (Å²) in [5, 5.41) is 40.6. The first-order valence-electron chi connectivity index (χ1n) is 7.12. The molecule has 0 spiro atoms. The molecular weight excluding hydrogens is 268 g/mol. The number of phenols is 4. The van der Waals surface area contributed by atoms with E-state index in [2.05, 4.69) is 0 Å². The number of rotatable bonds is 5. The van der Waals surface area contributed by atoms with Crippen molar-refractivity contribution in [2.24, 2.45) is 0 Å². The van der Waals surface area contributed by atoms with Crippen LogP contribution in [0.3, 0.4) is 0 Å². The second kappa shape index (κ2) is 6.39. The Labute approximate surface area is 123 Å². The van der Waals surface area contributed by atoms with Gasteiger partial charge in [-0.15, -0.1) is 0 Å². The van der Waals surface area contributed by atoms with Crippen LogP contribution in [0, 0.1) is 0 Å². The largest absolute Gasteiger partial charge is 0.504 e. The highest BCUT2D eigenvalue weighted by atomic mass is 16.3. The fourth-order valence-electron chi connectivity index (χ4n) is 2.41. The molecule has 0 saturated heterocycles. The summed E-state index contributed by atoms with van der Waals surface area (Å²) in [7, 11) is 0. The van der Waals surface area contributed by atoms with E-state index in [9.17, 15) is 20.4 Å². The zero-order valence-electron chi connectivity index (χ0n) is 12.0. The summed E-state index contributed by atoms with van der Waals surface area (Å²) in [6.07, 6.45) is 3.12. The number of unbranched alkanes of at least 4 members (excludes halogenated alkanes) is 2. The van der Waals surface area contributed by atoms with Crippen LogP contribution in [0.2, 0.25) is 0 Å². The molecule has 0 atom stereocenters. The van der Waals surface area contributed by atoms with Gasteiger partial charge < -0.3 is 20.4 Å². The molecule has 0 heterocycles. The molecule has 0 aromatic heterocycles. The fourth-order valence-corrected chi connectivity index (χ4v) is 2.41. The summed E-state index contributed by atoms with van der Waals surface area (Å²) in [6, 6.07) is 8.67. The number of phenolic OH excluding ortho intramolecular Hbond substituents is 4. The van der Waals surface area contributed by atoms with Crippen LogP contribution in [0.1, 0.15) is 31.7 Å². The Bertz CT molecular complexity index is 591. The van der Waals surface area contributed by atoms with E-state index >= 15 is 0 Å². The minimum atomic E-state index is -0.400. The van der Waals surface area contributed by atoms with E-state index in [0.29, 0.717) is 12.0 Å². The van der Waals surface area contributed by atoms with Crippen molar-refractivity contribution in [1.82, 2.24) is 0 Å². The van der Waals surface area contributed by atoms with Crippen molar-refractivity contribution >= 4 is 0 Å². The Morgan fingerprint density at radius 1 is 0.762 bits per heavy atom. The molecule has 0 saturated carbocycles. The predicted molar refractivity (Wildman–Crippen MR) is 81.8 cm³/mol. The number of aromatic hydroxyl groups is 4. The predicted octanol–water partition coefficient (Wildman–Crippen LogP) is 3.91. The molecule has 0 radical (unpaired) electrons. The molecule has 4 nitrogen and oxygen atoms in total. The smallest absolute Gasteiger partial charge is 0.169 e. The Hall–Kier alpha value is -2.36. The van der Waals surface area contributed by atoms with Gasteiger partial charge in [-0.2, -0.15) is 0 Å². The summed E-state index contributed by atoms with van der Waals surface area (Å²) in [5.74, 6) is -1.52. The lowest BCUT2D eigenvalue weighted by molar-refractivity contribution is 0.367. The number of benzene rings is 2. The molecule has 0 aliphatic heterocycles. The monoisotopic (exact) mass is 288 g/mol. The van der Waals surface area contributed by atoms with Crippen LogP contribution in [0.15, 0.2) is 30.3 Å². The van der Waals surface area contributed by atoms with Gasteiger partial charge in [-0.05, 0) is 18.4 Å². The van der Waals surface area contributed by atoms with Gasteiger partial charge in [-0.3, -0.25) is 0 Å². The van der Waals surface area contributed by atoms with Gasteiger partial charge in [-0.1, -0.05) is 50.1 Å². The van der Waals surface area contributed by atoms with Crippen molar-refractivity contribution in [2.75, 3.05) is 0 Å².